The number of aliphatic carboxylic acids is 1. The summed E-state index contributed by atoms with van der Waals surface area (Å²) in [6, 6.07) is 11.4. The van der Waals surface area contributed by atoms with Crippen LogP contribution in [0.2, 0.25) is 0 Å². The Morgan fingerprint density at radius 2 is 2.20 bits per heavy atom. The molecule has 3 heteroatoms. The summed E-state index contributed by atoms with van der Waals surface area (Å²) in [5.41, 5.74) is 3.69. The van der Waals surface area contributed by atoms with E-state index < -0.39 is 11.9 Å². The molecule has 1 atom stereocenters. The maximum atomic E-state index is 11.4. The zero-order valence-corrected chi connectivity index (χ0v) is 11.4. The van der Waals surface area contributed by atoms with E-state index in [0.717, 1.165) is 22.4 Å². The number of rotatable bonds is 5. The number of pyridine rings is 1. The second-order valence-electron chi connectivity index (χ2n) is 4.70. The van der Waals surface area contributed by atoms with E-state index in [2.05, 4.69) is 11.6 Å². The molecule has 0 amide bonds. The molecule has 0 spiro atoms. The minimum Gasteiger partial charge on any atom is -0.481 e. The summed E-state index contributed by atoms with van der Waals surface area (Å²) >= 11 is 0. The molecule has 0 saturated heterocycles. The van der Waals surface area contributed by atoms with Gasteiger partial charge >= 0.3 is 5.97 Å². The molecule has 0 saturated carbocycles. The smallest absolute Gasteiger partial charge is 0.311 e. The van der Waals surface area contributed by atoms with Gasteiger partial charge in [-0.2, -0.15) is 0 Å². The van der Waals surface area contributed by atoms with E-state index in [4.69, 9.17) is 0 Å². The van der Waals surface area contributed by atoms with E-state index in [-0.39, 0.29) is 0 Å². The Hall–Kier alpha value is -2.42. The summed E-state index contributed by atoms with van der Waals surface area (Å²) in [7, 11) is 0. The van der Waals surface area contributed by atoms with Crippen LogP contribution in [0.4, 0.5) is 0 Å². The first-order valence-corrected chi connectivity index (χ1v) is 6.49. The number of hydrogen-bond donors (Lipinski definition) is 1. The number of aryl methyl sites for hydroxylation is 1. The van der Waals surface area contributed by atoms with Crippen LogP contribution in [0.5, 0.6) is 0 Å². The highest BCUT2D eigenvalue weighted by molar-refractivity contribution is 5.77. The molecule has 0 radical (unpaired) electrons. The molecular weight excluding hydrogens is 250 g/mol. The SMILES string of the molecule is C=CCC(C(=O)O)c1ccc(C)c(-c2ccccn2)c1. The first-order chi connectivity index (χ1) is 9.63. The van der Waals surface area contributed by atoms with Crippen molar-refractivity contribution in [2.24, 2.45) is 0 Å². The minimum absolute atomic E-state index is 0.417. The van der Waals surface area contributed by atoms with Crippen LogP contribution in [-0.2, 0) is 4.79 Å². The van der Waals surface area contributed by atoms with Crippen molar-refractivity contribution in [3.8, 4) is 11.3 Å². The van der Waals surface area contributed by atoms with Crippen LogP contribution in [0.1, 0.15) is 23.5 Å². The van der Waals surface area contributed by atoms with Gasteiger partial charge in [0.2, 0.25) is 0 Å². The second kappa shape index (κ2) is 6.15. The van der Waals surface area contributed by atoms with Crippen LogP contribution >= 0.6 is 0 Å². The molecule has 1 unspecified atom stereocenters. The molecule has 1 aromatic carbocycles. The quantitative estimate of drug-likeness (QED) is 0.838. The fraction of sp³-hybridized carbons (Fsp3) is 0.176. The highest BCUT2D eigenvalue weighted by Crippen LogP contribution is 2.28. The lowest BCUT2D eigenvalue weighted by Gasteiger charge is -2.13. The monoisotopic (exact) mass is 267 g/mol. The van der Waals surface area contributed by atoms with Gasteiger partial charge in [0.1, 0.15) is 0 Å². The van der Waals surface area contributed by atoms with Crippen molar-refractivity contribution in [1.29, 1.82) is 0 Å². The highest BCUT2D eigenvalue weighted by Gasteiger charge is 2.19. The molecule has 0 bridgehead atoms. The van der Waals surface area contributed by atoms with Crippen molar-refractivity contribution in [2.45, 2.75) is 19.3 Å². The van der Waals surface area contributed by atoms with Crippen LogP contribution in [0.3, 0.4) is 0 Å². The number of allylic oxidation sites excluding steroid dienone is 1. The molecule has 1 N–H and O–H groups in total. The number of carboxylic acids is 1. The van der Waals surface area contributed by atoms with E-state index in [1.54, 1.807) is 12.3 Å². The lowest BCUT2D eigenvalue weighted by atomic mass is 9.92. The molecule has 2 aromatic rings. The number of nitrogens with zero attached hydrogens (tertiary/aromatic N) is 1. The lowest BCUT2D eigenvalue weighted by molar-refractivity contribution is -0.138. The van der Waals surface area contributed by atoms with Gasteiger partial charge in [0, 0.05) is 11.8 Å². The van der Waals surface area contributed by atoms with Gasteiger partial charge in [-0.05, 0) is 42.7 Å². The van der Waals surface area contributed by atoms with Gasteiger partial charge in [-0.25, -0.2) is 0 Å². The molecule has 1 heterocycles. The van der Waals surface area contributed by atoms with E-state index in [9.17, 15) is 9.90 Å². The van der Waals surface area contributed by atoms with Crippen LogP contribution in [0.25, 0.3) is 11.3 Å². The summed E-state index contributed by atoms with van der Waals surface area (Å²) in [6.45, 7) is 5.63. The lowest BCUT2D eigenvalue weighted by Crippen LogP contribution is -2.11. The Morgan fingerprint density at radius 3 is 2.80 bits per heavy atom. The third kappa shape index (κ3) is 2.94. The van der Waals surface area contributed by atoms with Crippen molar-refractivity contribution in [3.05, 3.63) is 66.4 Å². The largest absolute Gasteiger partial charge is 0.481 e. The molecule has 0 fully saturated rings. The van der Waals surface area contributed by atoms with E-state index >= 15 is 0 Å². The first-order valence-electron chi connectivity index (χ1n) is 6.49. The van der Waals surface area contributed by atoms with Crippen molar-refractivity contribution >= 4 is 5.97 Å². The maximum absolute atomic E-state index is 11.4. The highest BCUT2D eigenvalue weighted by atomic mass is 16.4. The van der Waals surface area contributed by atoms with Crippen LogP contribution in [0, 0.1) is 6.92 Å². The van der Waals surface area contributed by atoms with E-state index in [1.807, 2.05) is 43.3 Å². The normalized spacial score (nSPS) is 11.8. The third-order valence-corrected chi connectivity index (χ3v) is 3.31. The number of benzene rings is 1. The predicted octanol–water partition coefficient (Wildman–Crippen LogP) is 3.80. The molecule has 0 aliphatic heterocycles. The number of aromatic nitrogens is 1. The predicted molar refractivity (Wildman–Crippen MR) is 79.6 cm³/mol. The van der Waals surface area contributed by atoms with E-state index in [0.29, 0.717) is 6.42 Å². The number of carboxylic acid groups (broad SMARTS) is 1. The Bertz CT molecular complexity index is 620. The molecule has 3 nitrogen and oxygen atoms in total. The third-order valence-electron chi connectivity index (χ3n) is 3.31. The topological polar surface area (TPSA) is 50.2 Å². The van der Waals surface area contributed by atoms with Crippen LogP contribution in [-0.4, -0.2) is 16.1 Å². The fourth-order valence-corrected chi connectivity index (χ4v) is 2.20. The summed E-state index contributed by atoms with van der Waals surface area (Å²) < 4.78 is 0. The summed E-state index contributed by atoms with van der Waals surface area (Å²) in [5, 5.41) is 9.33. The molecular formula is C17H17NO2. The number of carbonyl (C=O) groups is 1. The van der Waals surface area contributed by atoms with Crippen molar-refractivity contribution in [1.82, 2.24) is 4.98 Å². The van der Waals surface area contributed by atoms with Gasteiger partial charge in [0.25, 0.3) is 0 Å². The summed E-state index contributed by atoms with van der Waals surface area (Å²) in [6.07, 6.45) is 3.79. The fourth-order valence-electron chi connectivity index (χ4n) is 2.20. The molecule has 102 valence electrons. The maximum Gasteiger partial charge on any atom is 0.311 e. The van der Waals surface area contributed by atoms with Gasteiger partial charge in [-0.1, -0.05) is 24.3 Å². The summed E-state index contributed by atoms with van der Waals surface area (Å²) in [5.74, 6) is -1.39. The van der Waals surface area contributed by atoms with Crippen LogP contribution < -0.4 is 0 Å². The molecule has 2 rings (SSSR count). The van der Waals surface area contributed by atoms with Gasteiger partial charge in [0.15, 0.2) is 0 Å². The standard InChI is InChI=1S/C17H17NO2/c1-3-6-14(17(19)20)13-9-8-12(2)15(11-13)16-7-4-5-10-18-16/h3-5,7-11,14H,1,6H2,2H3,(H,19,20). The van der Waals surface area contributed by atoms with E-state index in [1.165, 1.54) is 0 Å². The van der Waals surface area contributed by atoms with Crippen molar-refractivity contribution in [3.63, 3.8) is 0 Å². The molecule has 1 aromatic heterocycles. The number of hydrogen-bond acceptors (Lipinski definition) is 2. The average Bonchev–Trinajstić information content (AvgIpc) is 2.46. The molecule has 0 aliphatic carbocycles. The minimum atomic E-state index is -0.833. The van der Waals surface area contributed by atoms with Crippen LogP contribution in [0.15, 0.2) is 55.3 Å². The van der Waals surface area contributed by atoms with Crippen molar-refractivity contribution < 1.29 is 9.90 Å². The Morgan fingerprint density at radius 1 is 1.40 bits per heavy atom. The zero-order valence-electron chi connectivity index (χ0n) is 11.4. The van der Waals surface area contributed by atoms with Gasteiger partial charge in [-0.15, -0.1) is 6.58 Å². The Balaban J connectivity index is 2.48. The molecule has 0 aliphatic rings. The molecule has 20 heavy (non-hydrogen) atoms. The average molecular weight is 267 g/mol. The van der Waals surface area contributed by atoms with Gasteiger partial charge in [0.05, 0.1) is 11.6 Å². The first kappa shape index (κ1) is 14.0. The zero-order chi connectivity index (χ0) is 14.5. The van der Waals surface area contributed by atoms with Gasteiger partial charge in [-0.3, -0.25) is 9.78 Å². The van der Waals surface area contributed by atoms with Crippen molar-refractivity contribution in [2.75, 3.05) is 0 Å². The van der Waals surface area contributed by atoms with Gasteiger partial charge < -0.3 is 5.11 Å². The Kier molecular flexibility index (Phi) is 4.31. The Labute approximate surface area is 118 Å². The second-order valence-corrected chi connectivity index (χ2v) is 4.70. The summed E-state index contributed by atoms with van der Waals surface area (Å²) in [4.78, 5) is 15.7.